The monoisotopic (exact) mass is 1030 g/mol. The number of carbonyl (C=O) groups excluding carboxylic acids is 3. The van der Waals surface area contributed by atoms with Gasteiger partial charge >= 0.3 is 17.9 Å². The van der Waals surface area contributed by atoms with Gasteiger partial charge in [0.25, 0.3) is 0 Å². The Morgan fingerprint density at radius 2 is 0.527 bits per heavy atom. The maximum Gasteiger partial charge on any atom is 0.306 e. The summed E-state index contributed by atoms with van der Waals surface area (Å²) in [6.07, 6.45) is 80.7. The minimum Gasteiger partial charge on any atom is -0.462 e. The van der Waals surface area contributed by atoms with Crippen LogP contribution in [-0.4, -0.2) is 37.2 Å². The number of rotatable bonds is 58. The van der Waals surface area contributed by atoms with Gasteiger partial charge in [-0.25, -0.2) is 0 Å². The fourth-order valence-electron chi connectivity index (χ4n) is 9.17. The molecule has 0 aromatic heterocycles. The van der Waals surface area contributed by atoms with E-state index in [9.17, 15) is 14.4 Å². The SMILES string of the molecule is CC/C=C\C/C=C\C/C=C\C/C=C\CCCCCCCCCCCCCCCCCCC(=O)OCC(COC(=O)CCCCCCCCCCC)OC(=O)CCCCCCCCC/C=C\C/C=C\CCCCCC. The lowest BCUT2D eigenvalue weighted by molar-refractivity contribution is -0.167. The van der Waals surface area contributed by atoms with Crippen LogP contribution in [0.5, 0.6) is 0 Å². The Morgan fingerprint density at radius 1 is 0.284 bits per heavy atom. The largest absolute Gasteiger partial charge is 0.462 e. The molecule has 0 aromatic rings. The number of unbranched alkanes of at least 4 members (excludes halogenated alkanes) is 35. The van der Waals surface area contributed by atoms with Crippen molar-refractivity contribution >= 4 is 17.9 Å². The first-order chi connectivity index (χ1) is 36.5. The van der Waals surface area contributed by atoms with Gasteiger partial charge in [0.15, 0.2) is 6.10 Å². The molecule has 0 bridgehead atoms. The van der Waals surface area contributed by atoms with Gasteiger partial charge in [0.05, 0.1) is 0 Å². The number of ether oxygens (including phenoxy) is 3. The molecule has 0 aromatic carbocycles. The molecule has 0 radical (unpaired) electrons. The molecule has 1 atom stereocenters. The predicted octanol–water partition coefficient (Wildman–Crippen LogP) is 21.7. The average Bonchev–Trinajstić information content (AvgIpc) is 3.40. The van der Waals surface area contributed by atoms with E-state index in [1.807, 2.05) is 0 Å². The minimum absolute atomic E-state index is 0.0745. The Hall–Kier alpha value is -3.15. The first-order valence-corrected chi connectivity index (χ1v) is 31.9. The van der Waals surface area contributed by atoms with E-state index in [1.54, 1.807) is 0 Å². The highest BCUT2D eigenvalue weighted by atomic mass is 16.6. The summed E-state index contributed by atoms with van der Waals surface area (Å²) >= 11 is 0. The van der Waals surface area contributed by atoms with E-state index in [2.05, 4.69) is 93.7 Å². The number of allylic oxidation sites excluding steroid dienone is 12. The summed E-state index contributed by atoms with van der Waals surface area (Å²) in [5, 5.41) is 0. The van der Waals surface area contributed by atoms with Crippen molar-refractivity contribution in [2.75, 3.05) is 13.2 Å². The second-order valence-corrected chi connectivity index (χ2v) is 21.3. The zero-order valence-corrected chi connectivity index (χ0v) is 49.1. The number of esters is 3. The lowest BCUT2D eigenvalue weighted by Gasteiger charge is -2.18. The summed E-state index contributed by atoms with van der Waals surface area (Å²) in [6, 6.07) is 0. The fraction of sp³-hybridized carbons (Fsp3) is 0.779. The topological polar surface area (TPSA) is 78.9 Å². The van der Waals surface area contributed by atoms with Crippen molar-refractivity contribution in [2.24, 2.45) is 0 Å². The van der Waals surface area contributed by atoms with Crippen LogP contribution in [0.4, 0.5) is 0 Å². The first kappa shape index (κ1) is 70.8. The standard InChI is InChI=1S/C68H120O6/c1-4-7-10-13-16-19-21-23-25-27-29-30-31-32-33-34-35-36-37-38-39-41-42-44-46-49-52-55-58-61-67(70)73-64-65(63-72-66(69)60-57-54-51-48-18-15-12-9-6-3)74-68(71)62-59-56-53-50-47-45-43-40-28-26-24-22-20-17-14-11-8-5-2/h7,10,16,19-20,22-23,25-26,28-30,65H,4-6,8-9,11-15,17-18,21,24,27,31-64H2,1-3H3/b10-7-,19-16-,22-20-,25-23-,28-26-,30-29-. The third-order valence-electron chi connectivity index (χ3n) is 13.9. The van der Waals surface area contributed by atoms with Crippen molar-refractivity contribution in [3.8, 4) is 0 Å². The number of hydrogen-bond acceptors (Lipinski definition) is 6. The van der Waals surface area contributed by atoms with E-state index in [0.29, 0.717) is 19.3 Å². The quantitative estimate of drug-likeness (QED) is 0.0261. The molecule has 0 saturated carbocycles. The van der Waals surface area contributed by atoms with Crippen molar-refractivity contribution in [3.63, 3.8) is 0 Å². The molecule has 6 nitrogen and oxygen atoms in total. The van der Waals surface area contributed by atoms with Gasteiger partial charge in [0.1, 0.15) is 13.2 Å². The smallest absolute Gasteiger partial charge is 0.306 e. The van der Waals surface area contributed by atoms with E-state index in [1.165, 1.54) is 186 Å². The lowest BCUT2D eigenvalue weighted by Crippen LogP contribution is -2.30. The van der Waals surface area contributed by atoms with Crippen LogP contribution in [0.2, 0.25) is 0 Å². The third-order valence-corrected chi connectivity index (χ3v) is 13.9. The van der Waals surface area contributed by atoms with E-state index < -0.39 is 6.10 Å². The molecule has 0 aliphatic carbocycles. The molecule has 74 heavy (non-hydrogen) atoms. The summed E-state index contributed by atoms with van der Waals surface area (Å²) in [5.74, 6) is -0.870. The second kappa shape index (κ2) is 62.4. The molecule has 0 heterocycles. The van der Waals surface area contributed by atoms with Crippen LogP contribution in [0, 0.1) is 0 Å². The van der Waals surface area contributed by atoms with Crippen LogP contribution in [0.1, 0.15) is 323 Å². The molecule has 0 saturated heterocycles. The highest BCUT2D eigenvalue weighted by molar-refractivity contribution is 5.71. The van der Waals surface area contributed by atoms with Crippen LogP contribution in [-0.2, 0) is 28.6 Å². The predicted molar refractivity (Wildman–Crippen MR) is 321 cm³/mol. The zero-order valence-electron chi connectivity index (χ0n) is 49.1. The molecular formula is C68H120O6. The molecule has 0 spiro atoms. The summed E-state index contributed by atoms with van der Waals surface area (Å²) in [6.45, 7) is 6.52. The summed E-state index contributed by atoms with van der Waals surface area (Å²) in [7, 11) is 0. The molecule has 428 valence electrons. The van der Waals surface area contributed by atoms with Gasteiger partial charge < -0.3 is 14.2 Å². The summed E-state index contributed by atoms with van der Waals surface area (Å²) in [5.41, 5.74) is 0. The lowest BCUT2D eigenvalue weighted by atomic mass is 10.0. The van der Waals surface area contributed by atoms with Crippen LogP contribution in [0.25, 0.3) is 0 Å². The van der Waals surface area contributed by atoms with Crippen molar-refractivity contribution in [1.29, 1.82) is 0 Å². The Labute approximate surface area is 459 Å². The van der Waals surface area contributed by atoms with E-state index in [0.717, 1.165) is 96.3 Å². The van der Waals surface area contributed by atoms with E-state index in [4.69, 9.17) is 14.2 Å². The number of hydrogen-bond donors (Lipinski definition) is 0. The van der Waals surface area contributed by atoms with Gasteiger partial charge in [-0.2, -0.15) is 0 Å². The maximum absolute atomic E-state index is 12.9. The Kier molecular flexibility index (Phi) is 59.7. The molecule has 1 unspecified atom stereocenters. The maximum atomic E-state index is 12.9. The van der Waals surface area contributed by atoms with Gasteiger partial charge in [-0.1, -0.05) is 286 Å². The van der Waals surface area contributed by atoms with Gasteiger partial charge in [-0.15, -0.1) is 0 Å². The zero-order chi connectivity index (χ0) is 53.6. The molecule has 0 aliphatic heterocycles. The van der Waals surface area contributed by atoms with Crippen molar-refractivity contribution < 1.29 is 28.6 Å². The Bertz CT molecular complexity index is 1370. The van der Waals surface area contributed by atoms with Crippen LogP contribution >= 0.6 is 0 Å². The van der Waals surface area contributed by atoms with E-state index in [-0.39, 0.29) is 31.1 Å². The molecule has 0 fully saturated rings. The highest BCUT2D eigenvalue weighted by Gasteiger charge is 2.19. The molecule has 0 amide bonds. The van der Waals surface area contributed by atoms with Crippen LogP contribution < -0.4 is 0 Å². The Morgan fingerprint density at radius 3 is 0.838 bits per heavy atom. The molecule has 0 N–H and O–H groups in total. The Balaban J connectivity index is 4.14. The minimum atomic E-state index is -0.776. The van der Waals surface area contributed by atoms with Crippen molar-refractivity contribution in [1.82, 2.24) is 0 Å². The molecule has 6 heteroatoms. The third kappa shape index (κ3) is 59.7. The van der Waals surface area contributed by atoms with Gasteiger partial charge in [-0.05, 0) is 89.9 Å². The van der Waals surface area contributed by atoms with Gasteiger partial charge in [-0.3, -0.25) is 14.4 Å². The molecule has 0 aliphatic rings. The second-order valence-electron chi connectivity index (χ2n) is 21.3. The fourth-order valence-corrected chi connectivity index (χ4v) is 9.17. The van der Waals surface area contributed by atoms with Crippen LogP contribution in [0.3, 0.4) is 0 Å². The average molecular weight is 1030 g/mol. The van der Waals surface area contributed by atoms with Crippen molar-refractivity contribution in [3.05, 3.63) is 72.9 Å². The molecule has 0 rings (SSSR count). The van der Waals surface area contributed by atoms with Gasteiger partial charge in [0, 0.05) is 19.3 Å². The normalized spacial score (nSPS) is 12.5. The van der Waals surface area contributed by atoms with E-state index >= 15 is 0 Å². The summed E-state index contributed by atoms with van der Waals surface area (Å²) in [4.78, 5) is 38.2. The molecular weight excluding hydrogens is 913 g/mol. The summed E-state index contributed by atoms with van der Waals surface area (Å²) < 4.78 is 16.9. The van der Waals surface area contributed by atoms with Gasteiger partial charge in [0.2, 0.25) is 0 Å². The van der Waals surface area contributed by atoms with Crippen LogP contribution in [0.15, 0.2) is 72.9 Å². The van der Waals surface area contributed by atoms with Crippen molar-refractivity contribution in [2.45, 2.75) is 329 Å². The first-order valence-electron chi connectivity index (χ1n) is 31.9. The highest BCUT2D eigenvalue weighted by Crippen LogP contribution is 2.17. The number of carbonyl (C=O) groups is 3.